The second-order valence-corrected chi connectivity index (χ2v) is 21.2. The molecule has 0 aromatic carbocycles. The lowest BCUT2D eigenvalue weighted by molar-refractivity contribution is -0.388. The Morgan fingerprint density at radius 3 is 1.98 bits per heavy atom. The van der Waals surface area contributed by atoms with Crippen LogP contribution in [0.1, 0.15) is 99.3 Å². The van der Waals surface area contributed by atoms with E-state index in [1.807, 2.05) is 0 Å². The maximum atomic E-state index is 12.0. The van der Waals surface area contributed by atoms with Gasteiger partial charge < -0.3 is 74.0 Å². The van der Waals surface area contributed by atoms with Gasteiger partial charge in [-0.15, -0.1) is 0 Å². The Kier molecular flexibility index (Phi) is 12.4. The molecule has 348 valence electrons. The standard InChI is InChI=1S/C45H73NO15/c1-19-9-14-45(46-17-19)20(2)30-28(61-45)16-27-25-8-7-23-15-24(10-12-43(23,5)26(25)11-13-44(27,30)6)57-42-39(60-41-36(53)34(51)32(49)22(4)56-41)37(54)38(29(18-47)58-42)59-40-35(52)33(50)31(48)21(3)55-40/h7,19-22,24-42,46-54H,8-18H2,1-6H3/t19-,20-,21-,22-,24-,25+,26-,27-,28-,29+,30-,31-,32-,33+,34+,35+,36+,37-,38+,39+,40-,41-,42+,43-,44-,45-/m0/s1. The minimum atomic E-state index is -1.70. The van der Waals surface area contributed by atoms with Crippen LogP contribution in [0.25, 0.3) is 0 Å². The van der Waals surface area contributed by atoms with Crippen molar-refractivity contribution in [3.63, 3.8) is 0 Å². The van der Waals surface area contributed by atoms with Crippen molar-refractivity contribution in [1.29, 1.82) is 0 Å². The van der Waals surface area contributed by atoms with Crippen LogP contribution in [0, 0.1) is 46.3 Å². The Hall–Kier alpha value is -0.900. The van der Waals surface area contributed by atoms with E-state index in [2.05, 4.69) is 39.1 Å². The van der Waals surface area contributed by atoms with Crippen LogP contribution < -0.4 is 5.32 Å². The van der Waals surface area contributed by atoms with E-state index < -0.39 is 98.7 Å². The van der Waals surface area contributed by atoms with Gasteiger partial charge in [0.05, 0.1) is 31.0 Å². The predicted molar refractivity (Wildman–Crippen MR) is 215 cm³/mol. The summed E-state index contributed by atoms with van der Waals surface area (Å²) >= 11 is 0. The molecule has 0 bridgehead atoms. The Balaban J connectivity index is 0.916. The highest BCUT2D eigenvalue weighted by atomic mass is 16.8. The molecule has 9 aliphatic rings. The van der Waals surface area contributed by atoms with Gasteiger partial charge in [-0.05, 0) is 112 Å². The predicted octanol–water partition coefficient (Wildman–Crippen LogP) is 0.815. The summed E-state index contributed by atoms with van der Waals surface area (Å²) in [6.45, 7) is 13.2. The average Bonchev–Trinajstić information content (AvgIpc) is 3.69. The molecule has 1 spiro atoms. The van der Waals surface area contributed by atoms with Gasteiger partial charge in [-0.1, -0.05) is 39.3 Å². The van der Waals surface area contributed by atoms with Crippen LogP contribution in [-0.2, 0) is 33.2 Å². The maximum absolute atomic E-state index is 12.0. The van der Waals surface area contributed by atoms with Crippen molar-refractivity contribution in [2.45, 2.75) is 209 Å². The second-order valence-electron chi connectivity index (χ2n) is 21.2. The molecule has 26 atom stereocenters. The summed E-state index contributed by atoms with van der Waals surface area (Å²) in [6, 6.07) is 0. The van der Waals surface area contributed by atoms with Crippen molar-refractivity contribution in [1.82, 2.24) is 5.32 Å². The van der Waals surface area contributed by atoms with Gasteiger partial charge in [-0.25, -0.2) is 0 Å². The number of aliphatic hydroxyl groups excluding tert-OH is 8. The summed E-state index contributed by atoms with van der Waals surface area (Å²) < 4.78 is 43.7. The minimum Gasteiger partial charge on any atom is -0.394 e. The molecule has 5 aliphatic heterocycles. The zero-order chi connectivity index (χ0) is 43.5. The summed E-state index contributed by atoms with van der Waals surface area (Å²) in [4.78, 5) is 0. The molecule has 3 saturated carbocycles. The molecule has 9 N–H and O–H groups in total. The highest BCUT2D eigenvalue weighted by Crippen LogP contribution is 2.70. The molecule has 4 aliphatic carbocycles. The number of allylic oxidation sites excluding steroid dienone is 1. The lowest BCUT2D eigenvalue weighted by Crippen LogP contribution is -2.66. The van der Waals surface area contributed by atoms with E-state index in [-0.39, 0.29) is 22.7 Å². The van der Waals surface area contributed by atoms with Crippen molar-refractivity contribution in [3.8, 4) is 0 Å². The summed E-state index contributed by atoms with van der Waals surface area (Å²) in [5, 5.41) is 89.8. The molecule has 0 aromatic rings. The quantitative estimate of drug-likeness (QED) is 0.161. The lowest BCUT2D eigenvalue weighted by Gasteiger charge is -2.59. The van der Waals surface area contributed by atoms with Crippen LogP contribution in [0.2, 0.25) is 0 Å². The van der Waals surface area contributed by atoms with E-state index in [9.17, 15) is 40.9 Å². The molecule has 0 unspecified atom stereocenters. The fourth-order valence-corrected chi connectivity index (χ4v) is 14.2. The molecule has 16 heteroatoms. The SMILES string of the molecule is C[C@H]1CC[C@]2(NC1)O[C@H]1C[C@H]3[C@@H]4CC=C5C[C@@H](O[C@@H]6O[C@H](CO)[C@@H](O[C@@H]7O[C@@H](C)[C@H](O)[C@@H](O)[C@H]7O)[C@H](O)[C@H]6O[C@@H]6O[C@@H](C)[C@H](O)[C@@H](O)[C@H]6O)CC[C@]5(C)[C@H]4CC[C@]3(C)[C@H]1[C@@H]2C. The first-order chi connectivity index (χ1) is 28.9. The normalized spacial score (nSPS) is 58.4. The number of hydrogen-bond donors (Lipinski definition) is 9. The zero-order valence-corrected chi connectivity index (χ0v) is 36.6. The van der Waals surface area contributed by atoms with Gasteiger partial charge in [-0.2, -0.15) is 0 Å². The molecule has 0 radical (unpaired) electrons. The van der Waals surface area contributed by atoms with Gasteiger partial charge in [0.1, 0.15) is 66.8 Å². The van der Waals surface area contributed by atoms with E-state index in [1.165, 1.54) is 38.7 Å². The van der Waals surface area contributed by atoms with Crippen LogP contribution in [-0.4, -0.2) is 164 Å². The number of aliphatic hydroxyl groups is 8. The minimum absolute atomic E-state index is 0.00472. The van der Waals surface area contributed by atoms with Crippen LogP contribution in [0.4, 0.5) is 0 Å². The topological polar surface area (TPSA) is 238 Å². The highest BCUT2D eigenvalue weighted by Gasteiger charge is 2.68. The van der Waals surface area contributed by atoms with Crippen molar-refractivity contribution >= 4 is 0 Å². The third-order valence-electron chi connectivity index (χ3n) is 17.9. The Bertz CT molecular complexity index is 1600. The largest absolute Gasteiger partial charge is 0.394 e. The Morgan fingerprint density at radius 1 is 0.705 bits per heavy atom. The summed E-state index contributed by atoms with van der Waals surface area (Å²) in [7, 11) is 0. The first-order valence-electron chi connectivity index (χ1n) is 23.3. The van der Waals surface area contributed by atoms with Crippen LogP contribution in [0.15, 0.2) is 11.6 Å². The molecule has 8 fully saturated rings. The van der Waals surface area contributed by atoms with Gasteiger partial charge in [-0.3, -0.25) is 5.32 Å². The van der Waals surface area contributed by atoms with Crippen LogP contribution in [0.3, 0.4) is 0 Å². The highest BCUT2D eigenvalue weighted by molar-refractivity contribution is 5.26. The van der Waals surface area contributed by atoms with Gasteiger partial charge in [0.2, 0.25) is 0 Å². The Morgan fingerprint density at radius 2 is 1.36 bits per heavy atom. The fraction of sp³-hybridized carbons (Fsp3) is 0.956. The molecule has 5 saturated heterocycles. The maximum Gasteiger partial charge on any atom is 0.187 e. The second kappa shape index (κ2) is 16.8. The number of fused-ring (bicyclic) bond motifs is 7. The molecule has 16 nitrogen and oxygen atoms in total. The van der Waals surface area contributed by atoms with E-state index in [4.69, 9.17) is 33.2 Å². The van der Waals surface area contributed by atoms with Gasteiger partial charge in [0.15, 0.2) is 18.9 Å². The number of nitrogens with one attached hydrogen (secondary N) is 1. The zero-order valence-electron chi connectivity index (χ0n) is 36.6. The molecule has 5 heterocycles. The van der Waals surface area contributed by atoms with E-state index in [0.29, 0.717) is 54.5 Å². The Labute approximate surface area is 359 Å². The van der Waals surface area contributed by atoms with Crippen LogP contribution in [0.5, 0.6) is 0 Å². The third-order valence-corrected chi connectivity index (χ3v) is 17.9. The van der Waals surface area contributed by atoms with E-state index >= 15 is 0 Å². The van der Waals surface area contributed by atoms with E-state index in [0.717, 1.165) is 32.2 Å². The number of ether oxygens (including phenoxy) is 7. The van der Waals surface area contributed by atoms with Crippen molar-refractivity contribution < 1.29 is 74.0 Å². The average molecular weight is 868 g/mol. The number of hydrogen-bond acceptors (Lipinski definition) is 16. The van der Waals surface area contributed by atoms with Crippen molar-refractivity contribution in [3.05, 3.63) is 11.6 Å². The van der Waals surface area contributed by atoms with Crippen molar-refractivity contribution in [2.24, 2.45) is 46.3 Å². The van der Waals surface area contributed by atoms with Crippen molar-refractivity contribution in [2.75, 3.05) is 13.2 Å². The summed E-state index contributed by atoms with van der Waals surface area (Å²) in [5.41, 5.74) is 1.41. The summed E-state index contributed by atoms with van der Waals surface area (Å²) in [5.74, 6) is 3.43. The lowest BCUT2D eigenvalue weighted by atomic mass is 9.47. The smallest absolute Gasteiger partial charge is 0.187 e. The molecular weight excluding hydrogens is 794 g/mol. The molecule has 9 rings (SSSR count). The fourth-order valence-electron chi connectivity index (χ4n) is 14.2. The van der Waals surface area contributed by atoms with Crippen LogP contribution >= 0.6 is 0 Å². The van der Waals surface area contributed by atoms with Gasteiger partial charge in [0.25, 0.3) is 0 Å². The first-order valence-corrected chi connectivity index (χ1v) is 23.3. The molecular formula is C45H73NO15. The summed E-state index contributed by atoms with van der Waals surface area (Å²) in [6.07, 6.45) is -9.93. The monoisotopic (exact) mass is 867 g/mol. The van der Waals surface area contributed by atoms with Gasteiger partial charge in [0, 0.05) is 12.5 Å². The molecule has 61 heavy (non-hydrogen) atoms. The number of rotatable bonds is 7. The third kappa shape index (κ3) is 7.42. The number of piperidine rings is 1. The molecule has 0 amide bonds. The van der Waals surface area contributed by atoms with Gasteiger partial charge >= 0.3 is 0 Å². The van der Waals surface area contributed by atoms with E-state index in [1.54, 1.807) is 0 Å². The molecule has 0 aromatic heterocycles. The first kappa shape index (κ1) is 45.3.